The maximum atomic E-state index is 13.5. The normalized spacial score (nSPS) is 18.5. The first-order chi connectivity index (χ1) is 18.1. The fourth-order valence-electron chi connectivity index (χ4n) is 5.44. The van der Waals surface area contributed by atoms with Crippen molar-refractivity contribution in [3.05, 3.63) is 53.7 Å². The molecule has 2 saturated heterocycles. The second kappa shape index (κ2) is 10.3. The minimum Gasteiger partial charge on any atom is -0.378 e. The molecule has 6 rings (SSSR count). The first-order valence-corrected chi connectivity index (χ1v) is 14.0. The van der Waals surface area contributed by atoms with Gasteiger partial charge in [-0.3, -0.25) is 4.79 Å². The Morgan fingerprint density at radius 1 is 1.19 bits per heavy atom. The maximum Gasteiger partial charge on any atom is 0.165 e. The van der Waals surface area contributed by atoms with Gasteiger partial charge in [-0.2, -0.15) is 5.10 Å². The Morgan fingerprint density at radius 2 is 2.08 bits per heavy atom. The van der Waals surface area contributed by atoms with Gasteiger partial charge in [0, 0.05) is 44.4 Å². The third kappa shape index (κ3) is 4.79. The summed E-state index contributed by atoms with van der Waals surface area (Å²) in [4.78, 5) is 29.1. The standard InChI is InChI=1S/C28H32N6O2S/c1-3-32-11-4-6-20(32)8-9-25(35)19-14-24(30-27(15-19)33-17-21(18-33)36-2)22-16-29-34-12-10-23(31-28(22)34)26-7-5-13-37-26/h5,7,10,12-16,20-21H,3-4,6,8-9,11,17-18H2,1-2H3/t20-/m0/s1. The molecule has 0 radical (unpaired) electrons. The zero-order valence-electron chi connectivity index (χ0n) is 21.3. The average molecular weight is 517 g/mol. The van der Waals surface area contributed by atoms with Crippen molar-refractivity contribution in [2.75, 3.05) is 38.2 Å². The lowest BCUT2D eigenvalue weighted by Gasteiger charge is -2.39. The number of ether oxygens (including phenoxy) is 1. The van der Waals surface area contributed by atoms with Crippen LogP contribution in [0.25, 0.3) is 27.5 Å². The molecule has 1 atom stereocenters. The zero-order valence-corrected chi connectivity index (χ0v) is 22.2. The summed E-state index contributed by atoms with van der Waals surface area (Å²) in [6.07, 6.45) is 7.77. The molecule has 0 aromatic carbocycles. The Labute approximate surface area is 220 Å². The molecule has 37 heavy (non-hydrogen) atoms. The van der Waals surface area contributed by atoms with Crippen LogP contribution in [-0.2, 0) is 4.74 Å². The molecule has 192 valence electrons. The number of rotatable bonds is 9. The van der Waals surface area contributed by atoms with Crippen LogP contribution >= 0.6 is 11.3 Å². The van der Waals surface area contributed by atoms with Crippen molar-refractivity contribution >= 4 is 28.6 Å². The van der Waals surface area contributed by atoms with E-state index in [-0.39, 0.29) is 11.9 Å². The summed E-state index contributed by atoms with van der Waals surface area (Å²) in [6.45, 7) is 5.93. The third-order valence-electron chi connectivity index (χ3n) is 7.67. The fraction of sp³-hybridized carbons (Fsp3) is 0.429. The Bertz CT molecular complexity index is 1400. The van der Waals surface area contributed by atoms with Gasteiger partial charge in [-0.25, -0.2) is 14.5 Å². The van der Waals surface area contributed by atoms with E-state index in [1.165, 1.54) is 12.8 Å². The molecule has 4 aromatic heterocycles. The molecule has 0 aliphatic carbocycles. The molecule has 2 fully saturated rings. The van der Waals surface area contributed by atoms with E-state index in [0.29, 0.717) is 18.0 Å². The van der Waals surface area contributed by atoms with E-state index in [1.807, 2.05) is 35.8 Å². The molecule has 6 heterocycles. The van der Waals surface area contributed by atoms with Crippen LogP contribution in [-0.4, -0.2) is 75.7 Å². The van der Waals surface area contributed by atoms with Crippen molar-refractivity contribution in [1.82, 2.24) is 24.5 Å². The van der Waals surface area contributed by atoms with Gasteiger partial charge in [0.05, 0.1) is 34.1 Å². The Morgan fingerprint density at radius 3 is 2.86 bits per heavy atom. The van der Waals surface area contributed by atoms with Gasteiger partial charge < -0.3 is 14.5 Å². The largest absolute Gasteiger partial charge is 0.378 e. The van der Waals surface area contributed by atoms with Crippen LogP contribution in [0.5, 0.6) is 0 Å². The molecule has 2 aliphatic heterocycles. The fourth-order valence-corrected chi connectivity index (χ4v) is 6.14. The molecule has 9 heteroatoms. The number of hydrogen-bond donors (Lipinski definition) is 0. The number of carbonyl (C=O) groups is 1. The summed E-state index contributed by atoms with van der Waals surface area (Å²) in [5.74, 6) is 0.972. The van der Waals surface area contributed by atoms with Crippen molar-refractivity contribution in [2.45, 2.75) is 44.8 Å². The van der Waals surface area contributed by atoms with Crippen LogP contribution in [0.2, 0.25) is 0 Å². The SMILES string of the molecule is CCN1CCC[C@H]1CCC(=O)c1cc(-c2cnn3ccc(-c4cccs4)nc23)nc(N2CC(OC)C2)c1. The molecule has 0 saturated carbocycles. The predicted molar refractivity (Wildman–Crippen MR) is 146 cm³/mol. The Balaban J connectivity index is 1.34. The number of ketones is 1. The van der Waals surface area contributed by atoms with Crippen LogP contribution in [0.1, 0.15) is 43.0 Å². The van der Waals surface area contributed by atoms with Crippen LogP contribution in [0.4, 0.5) is 5.82 Å². The average Bonchev–Trinajstić information content (AvgIpc) is 3.66. The van der Waals surface area contributed by atoms with E-state index in [9.17, 15) is 4.79 Å². The molecular weight excluding hydrogens is 484 g/mol. The van der Waals surface area contributed by atoms with Crippen molar-refractivity contribution < 1.29 is 9.53 Å². The quantitative estimate of drug-likeness (QED) is 0.296. The summed E-state index contributed by atoms with van der Waals surface area (Å²) in [7, 11) is 1.74. The Kier molecular flexibility index (Phi) is 6.75. The minimum atomic E-state index is 0.167. The Hall–Kier alpha value is -3.14. The molecule has 4 aromatic rings. The van der Waals surface area contributed by atoms with Crippen molar-refractivity contribution in [1.29, 1.82) is 0 Å². The zero-order chi connectivity index (χ0) is 25.4. The highest BCUT2D eigenvalue weighted by molar-refractivity contribution is 7.13. The van der Waals surface area contributed by atoms with E-state index in [1.54, 1.807) is 29.2 Å². The summed E-state index contributed by atoms with van der Waals surface area (Å²) in [6, 6.07) is 10.4. The monoisotopic (exact) mass is 516 g/mol. The molecule has 0 N–H and O–H groups in total. The molecule has 0 spiro atoms. The van der Waals surface area contributed by atoms with E-state index in [0.717, 1.165) is 65.9 Å². The third-order valence-corrected chi connectivity index (χ3v) is 8.56. The highest BCUT2D eigenvalue weighted by atomic mass is 32.1. The van der Waals surface area contributed by atoms with Gasteiger partial charge in [-0.1, -0.05) is 13.0 Å². The summed E-state index contributed by atoms with van der Waals surface area (Å²) in [5.41, 5.74) is 3.89. The number of methoxy groups -OCH3 is 1. The molecule has 8 nitrogen and oxygen atoms in total. The van der Waals surface area contributed by atoms with E-state index >= 15 is 0 Å². The van der Waals surface area contributed by atoms with Gasteiger partial charge in [0.1, 0.15) is 5.82 Å². The van der Waals surface area contributed by atoms with E-state index in [2.05, 4.69) is 27.9 Å². The maximum absolute atomic E-state index is 13.5. The molecule has 0 amide bonds. The molecule has 0 unspecified atom stereocenters. The number of Topliss-reactive ketones (excluding diaryl/α,β-unsaturated/α-hetero) is 1. The van der Waals surface area contributed by atoms with Crippen molar-refractivity contribution in [3.8, 4) is 21.8 Å². The lowest BCUT2D eigenvalue weighted by Crippen LogP contribution is -2.52. The number of nitrogens with zero attached hydrogens (tertiary/aromatic N) is 6. The van der Waals surface area contributed by atoms with Crippen LogP contribution in [0, 0.1) is 0 Å². The number of anilines is 1. The lowest BCUT2D eigenvalue weighted by atomic mass is 10.0. The first-order valence-electron chi connectivity index (χ1n) is 13.1. The number of carbonyl (C=O) groups excluding carboxylic acids is 1. The number of hydrogen-bond acceptors (Lipinski definition) is 8. The van der Waals surface area contributed by atoms with Crippen LogP contribution in [0.3, 0.4) is 0 Å². The molecule has 2 aliphatic rings. The number of fused-ring (bicyclic) bond motifs is 1. The second-order valence-electron chi connectivity index (χ2n) is 9.86. The minimum absolute atomic E-state index is 0.167. The van der Waals surface area contributed by atoms with E-state index < -0.39 is 0 Å². The highest BCUT2D eigenvalue weighted by Crippen LogP contribution is 2.31. The number of pyridine rings is 1. The summed E-state index contributed by atoms with van der Waals surface area (Å²) >= 11 is 1.66. The summed E-state index contributed by atoms with van der Waals surface area (Å²) in [5, 5.41) is 6.57. The van der Waals surface area contributed by atoms with Gasteiger partial charge in [-0.15, -0.1) is 11.3 Å². The van der Waals surface area contributed by atoms with Crippen molar-refractivity contribution in [3.63, 3.8) is 0 Å². The lowest BCUT2D eigenvalue weighted by molar-refractivity contribution is 0.0783. The van der Waals surface area contributed by atoms with Gasteiger partial charge in [0.25, 0.3) is 0 Å². The topological polar surface area (TPSA) is 75.9 Å². The number of aromatic nitrogens is 4. The van der Waals surface area contributed by atoms with Gasteiger partial charge in [0.2, 0.25) is 0 Å². The smallest absolute Gasteiger partial charge is 0.165 e. The molecular formula is C28H32N6O2S. The van der Waals surface area contributed by atoms with E-state index in [4.69, 9.17) is 14.7 Å². The van der Waals surface area contributed by atoms with Crippen molar-refractivity contribution in [2.24, 2.45) is 0 Å². The molecule has 0 bridgehead atoms. The summed E-state index contributed by atoms with van der Waals surface area (Å²) < 4.78 is 7.25. The highest BCUT2D eigenvalue weighted by Gasteiger charge is 2.29. The second-order valence-corrected chi connectivity index (χ2v) is 10.8. The first kappa shape index (κ1) is 24.2. The number of likely N-dealkylation sites (tertiary alicyclic amines) is 1. The van der Waals surface area contributed by atoms with Gasteiger partial charge in [0.15, 0.2) is 11.4 Å². The van der Waals surface area contributed by atoms with Gasteiger partial charge in [-0.05, 0) is 62.0 Å². The predicted octanol–water partition coefficient (Wildman–Crippen LogP) is 4.80. The van der Waals surface area contributed by atoms with Crippen LogP contribution in [0.15, 0.2) is 48.1 Å². The number of thiophene rings is 1. The van der Waals surface area contributed by atoms with Gasteiger partial charge >= 0.3 is 0 Å². The van der Waals surface area contributed by atoms with Crippen LogP contribution < -0.4 is 4.90 Å².